The SMILES string of the molecule is COC(=O)CCN(Cc1ccncc1)C(=O)C(C)N. The lowest BCUT2D eigenvalue weighted by atomic mass is 10.2. The van der Waals surface area contributed by atoms with E-state index in [4.69, 9.17) is 5.73 Å². The lowest BCUT2D eigenvalue weighted by Gasteiger charge is -2.24. The molecule has 0 spiro atoms. The number of hydrogen-bond donors (Lipinski definition) is 1. The van der Waals surface area contributed by atoms with E-state index in [0.717, 1.165) is 5.56 Å². The third-order valence-corrected chi connectivity index (χ3v) is 2.64. The van der Waals surface area contributed by atoms with Gasteiger partial charge in [0, 0.05) is 25.5 Å². The smallest absolute Gasteiger partial charge is 0.307 e. The number of pyridine rings is 1. The molecule has 0 saturated carbocycles. The Morgan fingerprint density at radius 3 is 2.58 bits per heavy atom. The summed E-state index contributed by atoms with van der Waals surface area (Å²) < 4.78 is 4.57. The van der Waals surface area contributed by atoms with Gasteiger partial charge in [-0.3, -0.25) is 14.6 Å². The summed E-state index contributed by atoms with van der Waals surface area (Å²) in [5, 5.41) is 0. The molecule has 6 nitrogen and oxygen atoms in total. The highest BCUT2D eigenvalue weighted by molar-refractivity contribution is 5.81. The summed E-state index contributed by atoms with van der Waals surface area (Å²) in [6, 6.07) is 3.04. The maximum Gasteiger partial charge on any atom is 0.307 e. The average Bonchev–Trinajstić information content (AvgIpc) is 2.43. The molecule has 0 saturated heterocycles. The summed E-state index contributed by atoms with van der Waals surface area (Å²) in [5.74, 6) is -0.544. The topological polar surface area (TPSA) is 85.5 Å². The summed E-state index contributed by atoms with van der Waals surface area (Å²) in [6.07, 6.45) is 3.47. The van der Waals surface area contributed by atoms with Gasteiger partial charge in [-0.15, -0.1) is 0 Å². The lowest BCUT2D eigenvalue weighted by molar-refractivity contribution is -0.142. The van der Waals surface area contributed by atoms with Gasteiger partial charge >= 0.3 is 5.97 Å². The van der Waals surface area contributed by atoms with E-state index in [1.807, 2.05) is 12.1 Å². The van der Waals surface area contributed by atoms with Crippen LogP contribution in [-0.4, -0.2) is 41.5 Å². The first kappa shape index (κ1) is 15.1. The average molecular weight is 265 g/mol. The molecule has 1 aromatic heterocycles. The monoisotopic (exact) mass is 265 g/mol. The van der Waals surface area contributed by atoms with Crippen molar-refractivity contribution < 1.29 is 14.3 Å². The van der Waals surface area contributed by atoms with Crippen molar-refractivity contribution in [3.63, 3.8) is 0 Å². The second-order valence-corrected chi connectivity index (χ2v) is 4.23. The molecule has 0 aromatic carbocycles. The van der Waals surface area contributed by atoms with E-state index in [0.29, 0.717) is 6.54 Å². The van der Waals surface area contributed by atoms with Gasteiger partial charge in [0.2, 0.25) is 5.91 Å². The van der Waals surface area contributed by atoms with E-state index in [1.165, 1.54) is 7.11 Å². The summed E-state index contributed by atoms with van der Waals surface area (Å²) in [5.41, 5.74) is 6.55. The Balaban J connectivity index is 2.69. The molecule has 19 heavy (non-hydrogen) atoms. The van der Waals surface area contributed by atoms with Gasteiger partial charge in [-0.1, -0.05) is 0 Å². The number of esters is 1. The van der Waals surface area contributed by atoms with Crippen molar-refractivity contribution in [3.05, 3.63) is 30.1 Å². The molecule has 0 aliphatic rings. The number of carbonyl (C=O) groups is 2. The normalized spacial score (nSPS) is 11.7. The Labute approximate surface area is 112 Å². The quantitative estimate of drug-likeness (QED) is 0.749. The standard InChI is InChI=1S/C13H19N3O3/c1-10(14)13(18)16(8-5-12(17)19-2)9-11-3-6-15-7-4-11/h3-4,6-7,10H,5,8-9,14H2,1-2H3. The molecule has 0 fully saturated rings. The molecule has 0 radical (unpaired) electrons. The van der Waals surface area contributed by atoms with E-state index in [1.54, 1.807) is 24.2 Å². The predicted octanol–water partition coefficient (Wildman–Crippen LogP) is 0.321. The summed E-state index contributed by atoms with van der Waals surface area (Å²) in [7, 11) is 1.32. The maximum atomic E-state index is 12.0. The lowest BCUT2D eigenvalue weighted by Crippen LogP contribution is -2.42. The van der Waals surface area contributed by atoms with Gasteiger partial charge in [-0.2, -0.15) is 0 Å². The number of hydrogen-bond acceptors (Lipinski definition) is 5. The Bertz CT molecular complexity index is 420. The van der Waals surface area contributed by atoms with Crippen LogP contribution in [0.3, 0.4) is 0 Å². The van der Waals surface area contributed by atoms with Crippen molar-refractivity contribution in [2.24, 2.45) is 5.73 Å². The Morgan fingerprint density at radius 2 is 2.05 bits per heavy atom. The first-order valence-electron chi connectivity index (χ1n) is 6.04. The molecular formula is C13H19N3O3. The fraction of sp³-hybridized carbons (Fsp3) is 0.462. The van der Waals surface area contributed by atoms with Crippen LogP contribution in [-0.2, 0) is 20.9 Å². The first-order chi connectivity index (χ1) is 9.04. The van der Waals surface area contributed by atoms with Gasteiger partial charge in [-0.25, -0.2) is 0 Å². The molecule has 1 atom stereocenters. The molecule has 2 N–H and O–H groups in total. The zero-order valence-corrected chi connectivity index (χ0v) is 11.2. The van der Waals surface area contributed by atoms with Gasteiger partial charge in [0.1, 0.15) is 0 Å². The van der Waals surface area contributed by atoms with Crippen LogP contribution >= 0.6 is 0 Å². The molecule has 1 amide bonds. The minimum absolute atomic E-state index is 0.153. The van der Waals surface area contributed by atoms with Crippen LogP contribution in [0.15, 0.2) is 24.5 Å². The number of amides is 1. The first-order valence-corrected chi connectivity index (χ1v) is 6.04. The van der Waals surface area contributed by atoms with Crippen LogP contribution in [0.1, 0.15) is 18.9 Å². The van der Waals surface area contributed by atoms with Gasteiger partial charge in [0.15, 0.2) is 0 Å². The van der Waals surface area contributed by atoms with Crippen molar-refractivity contribution in [2.45, 2.75) is 25.9 Å². The van der Waals surface area contributed by atoms with Crippen molar-refractivity contribution in [3.8, 4) is 0 Å². The zero-order valence-electron chi connectivity index (χ0n) is 11.2. The molecule has 1 heterocycles. The van der Waals surface area contributed by atoms with Crippen LogP contribution in [0, 0.1) is 0 Å². The number of rotatable bonds is 6. The molecule has 1 unspecified atom stereocenters. The van der Waals surface area contributed by atoms with Gasteiger partial charge in [-0.05, 0) is 24.6 Å². The van der Waals surface area contributed by atoms with E-state index < -0.39 is 6.04 Å². The van der Waals surface area contributed by atoms with Crippen molar-refractivity contribution in [1.29, 1.82) is 0 Å². The van der Waals surface area contributed by atoms with Crippen LogP contribution in [0.5, 0.6) is 0 Å². The van der Waals surface area contributed by atoms with Crippen LogP contribution in [0.4, 0.5) is 0 Å². The van der Waals surface area contributed by atoms with Gasteiger partial charge < -0.3 is 15.4 Å². The predicted molar refractivity (Wildman–Crippen MR) is 69.9 cm³/mol. The van der Waals surface area contributed by atoms with Crippen LogP contribution in [0.2, 0.25) is 0 Å². The summed E-state index contributed by atoms with van der Waals surface area (Å²) >= 11 is 0. The largest absolute Gasteiger partial charge is 0.469 e. The Morgan fingerprint density at radius 1 is 1.42 bits per heavy atom. The second kappa shape index (κ2) is 7.48. The van der Waals surface area contributed by atoms with Crippen molar-refractivity contribution in [1.82, 2.24) is 9.88 Å². The van der Waals surface area contributed by atoms with E-state index >= 15 is 0 Å². The minimum Gasteiger partial charge on any atom is -0.469 e. The number of methoxy groups -OCH3 is 1. The fourth-order valence-electron chi connectivity index (χ4n) is 1.59. The molecule has 1 aromatic rings. The Hall–Kier alpha value is -1.95. The van der Waals surface area contributed by atoms with E-state index in [2.05, 4.69) is 9.72 Å². The zero-order chi connectivity index (χ0) is 14.3. The molecule has 6 heteroatoms. The fourth-order valence-corrected chi connectivity index (χ4v) is 1.59. The Kier molecular flexibility index (Phi) is 5.95. The third kappa shape index (κ3) is 5.05. The summed E-state index contributed by atoms with van der Waals surface area (Å²) in [4.78, 5) is 28.6. The number of carbonyl (C=O) groups excluding carboxylic acids is 2. The molecule has 0 bridgehead atoms. The molecule has 0 aliphatic carbocycles. The number of nitrogens with zero attached hydrogens (tertiary/aromatic N) is 2. The maximum absolute atomic E-state index is 12.0. The molecule has 104 valence electrons. The molecular weight excluding hydrogens is 246 g/mol. The molecule has 0 aliphatic heterocycles. The highest BCUT2D eigenvalue weighted by Crippen LogP contribution is 2.06. The van der Waals surface area contributed by atoms with Gasteiger partial charge in [0.05, 0.1) is 19.6 Å². The van der Waals surface area contributed by atoms with E-state index in [-0.39, 0.29) is 24.8 Å². The van der Waals surface area contributed by atoms with Crippen LogP contribution < -0.4 is 5.73 Å². The van der Waals surface area contributed by atoms with Crippen molar-refractivity contribution >= 4 is 11.9 Å². The summed E-state index contributed by atoms with van der Waals surface area (Å²) in [6.45, 7) is 2.31. The number of nitrogens with two attached hydrogens (primary N) is 1. The van der Waals surface area contributed by atoms with Crippen LogP contribution in [0.25, 0.3) is 0 Å². The van der Waals surface area contributed by atoms with E-state index in [9.17, 15) is 9.59 Å². The highest BCUT2D eigenvalue weighted by atomic mass is 16.5. The third-order valence-electron chi connectivity index (χ3n) is 2.64. The number of aromatic nitrogens is 1. The van der Waals surface area contributed by atoms with Gasteiger partial charge in [0.25, 0.3) is 0 Å². The molecule has 1 rings (SSSR count). The minimum atomic E-state index is -0.598. The van der Waals surface area contributed by atoms with Crippen molar-refractivity contribution in [2.75, 3.05) is 13.7 Å². The number of ether oxygens (including phenoxy) is 1. The highest BCUT2D eigenvalue weighted by Gasteiger charge is 2.18. The second-order valence-electron chi connectivity index (χ2n) is 4.23.